The van der Waals surface area contributed by atoms with Crippen molar-refractivity contribution in [2.24, 2.45) is 5.73 Å². The van der Waals surface area contributed by atoms with Gasteiger partial charge in [-0.3, -0.25) is 4.79 Å². The zero-order chi connectivity index (χ0) is 13.1. The van der Waals surface area contributed by atoms with Crippen LogP contribution in [-0.4, -0.2) is 21.0 Å². The molecule has 0 aromatic carbocycles. The summed E-state index contributed by atoms with van der Waals surface area (Å²) in [5.74, 6) is -0.578. The summed E-state index contributed by atoms with van der Waals surface area (Å²) in [7, 11) is 0. The number of carboxylic acids is 1. The number of aryl methyl sites for hydroxylation is 1. The van der Waals surface area contributed by atoms with Gasteiger partial charge in [0.05, 0.1) is 23.0 Å². The van der Waals surface area contributed by atoms with Gasteiger partial charge in [-0.1, -0.05) is 6.07 Å². The Morgan fingerprint density at radius 3 is 2.94 bits per heavy atom. The van der Waals surface area contributed by atoms with E-state index < -0.39 is 12.0 Å². The Morgan fingerprint density at radius 1 is 1.56 bits per heavy atom. The molecule has 0 aliphatic carbocycles. The van der Waals surface area contributed by atoms with Crippen LogP contribution in [-0.2, 0) is 4.79 Å². The molecule has 0 saturated carbocycles. The van der Waals surface area contributed by atoms with E-state index in [0.717, 1.165) is 16.3 Å². The maximum atomic E-state index is 10.6. The third kappa shape index (κ3) is 2.91. The minimum absolute atomic E-state index is 0.173. The van der Waals surface area contributed by atoms with Crippen LogP contribution in [0.5, 0.6) is 0 Å². The second-order valence-corrected chi connectivity index (χ2v) is 4.88. The summed E-state index contributed by atoms with van der Waals surface area (Å²) in [6.45, 7) is 1.84. The summed E-state index contributed by atoms with van der Waals surface area (Å²) in [5, 5.41) is 10.7. The lowest BCUT2D eigenvalue weighted by atomic mass is 10.2. The van der Waals surface area contributed by atoms with Crippen molar-refractivity contribution < 1.29 is 9.90 Å². The summed E-state index contributed by atoms with van der Waals surface area (Å²) >= 11 is 1.57. The Labute approximate surface area is 108 Å². The van der Waals surface area contributed by atoms with Gasteiger partial charge in [-0.15, -0.1) is 11.3 Å². The van der Waals surface area contributed by atoms with E-state index >= 15 is 0 Å². The molecule has 5 nitrogen and oxygen atoms in total. The summed E-state index contributed by atoms with van der Waals surface area (Å²) in [5.41, 5.74) is 7.35. The monoisotopic (exact) mass is 263 g/mol. The van der Waals surface area contributed by atoms with Gasteiger partial charge in [-0.2, -0.15) is 0 Å². The number of nitrogens with two attached hydrogens (primary N) is 1. The zero-order valence-electron chi connectivity index (χ0n) is 9.83. The fraction of sp³-hybridized carbons (Fsp3) is 0.250. The van der Waals surface area contributed by atoms with Crippen LogP contribution in [0.2, 0.25) is 0 Å². The van der Waals surface area contributed by atoms with E-state index in [1.165, 1.54) is 0 Å². The molecule has 2 heterocycles. The van der Waals surface area contributed by atoms with Crippen molar-refractivity contribution in [3.05, 3.63) is 35.1 Å². The number of hydrogen-bond donors (Lipinski definition) is 2. The molecule has 1 atom stereocenters. The number of carboxylic acid groups (broad SMARTS) is 1. The second kappa shape index (κ2) is 5.24. The molecular weight excluding hydrogens is 250 g/mol. The normalized spacial score (nSPS) is 12.3. The third-order valence-corrected chi connectivity index (χ3v) is 3.26. The molecule has 6 heteroatoms. The quantitative estimate of drug-likeness (QED) is 0.880. The molecule has 0 amide bonds. The minimum atomic E-state index is -0.953. The lowest BCUT2D eigenvalue weighted by Gasteiger charge is -2.09. The number of aromatic nitrogens is 2. The van der Waals surface area contributed by atoms with Gasteiger partial charge in [0.1, 0.15) is 5.82 Å². The molecule has 0 aliphatic heterocycles. The van der Waals surface area contributed by atoms with E-state index in [-0.39, 0.29) is 6.42 Å². The first-order valence-electron chi connectivity index (χ1n) is 5.43. The highest BCUT2D eigenvalue weighted by atomic mass is 32.1. The van der Waals surface area contributed by atoms with Crippen LogP contribution in [0, 0.1) is 6.92 Å². The third-order valence-electron chi connectivity index (χ3n) is 2.37. The van der Waals surface area contributed by atoms with Gasteiger partial charge in [0.15, 0.2) is 0 Å². The molecule has 3 N–H and O–H groups in total. The number of carbonyl (C=O) groups is 1. The van der Waals surface area contributed by atoms with Gasteiger partial charge in [-0.25, -0.2) is 9.97 Å². The molecule has 94 valence electrons. The summed E-state index contributed by atoms with van der Waals surface area (Å²) in [6, 6.07) is 5.08. The molecule has 2 aromatic rings. The summed E-state index contributed by atoms with van der Waals surface area (Å²) < 4.78 is 0. The molecule has 2 aromatic heterocycles. The Kier molecular flexibility index (Phi) is 3.69. The fourth-order valence-corrected chi connectivity index (χ4v) is 2.27. The predicted octanol–water partition coefficient (Wildman–Crippen LogP) is 1.99. The highest BCUT2D eigenvalue weighted by Gasteiger charge is 2.15. The number of aliphatic carboxylic acids is 1. The van der Waals surface area contributed by atoms with Crippen molar-refractivity contribution in [2.75, 3.05) is 0 Å². The van der Waals surface area contributed by atoms with E-state index in [1.807, 2.05) is 30.5 Å². The Bertz CT molecular complexity index is 554. The smallest absolute Gasteiger partial charge is 0.305 e. The van der Waals surface area contributed by atoms with Crippen molar-refractivity contribution in [1.82, 2.24) is 9.97 Å². The minimum Gasteiger partial charge on any atom is -0.481 e. The molecular formula is C12H13N3O2S. The van der Waals surface area contributed by atoms with Crippen LogP contribution in [0.3, 0.4) is 0 Å². The fourth-order valence-electron chi connectivity index (χ4n) is 1.59. The largest absolute Gasteiger partial charge is 0.481 e. The van der Waals surface area contributed by atoms with Crippen molar-refractivity contribution >= 4 is 17.3 Å². The Hall–Kier alpha value is -1.79. The topological polar surface area (TPSA) is 89.1 Å². The first-order chi connectivity index (χ1) is 8.56. The van der Waals surface area contributed by atoms with E-state index in [0.29, 0.717) is 5.82 Å². The highest BCUT2D eigenvalue weighted by molar-refractivity contribution is 7.13. The van der Waals surface area contributed by atoms with Crippen LogP contribution in [0.15, 0.2) is 23.6 Å². The van der Waals surface area contributed by atoms with E-state index in [2.05, 4.69) is 9.97 Å². The van der Waals surface area contributed by atoms with Crippen LogP contribution in [0.1, 0.15) is 24.0 Å². The van der Waals surface area contributed by atoms with Gasteiger partial charge in [-0.05, 0) is 24.4 Å². The van der Waals surface area contributed by atoms with Gasteiger partial charge in [0.25, 0.3) is 0 Å². The van der Waals surface area contributed by atoms with E-state index in [1.54, 1.807) is 11.3 Å². The summed E-state index contributed by atoms with van der Waals surface area (Å²) in [4.78, 5) is 20.2. The van der Waals surface area contributed by atoms with E-state index in [9.17, 15) is 4.79 Å². The molecule has 0 saturated heterocycles. The summed E-state index contributed by atoms with van der Waals surface area (Å²) in [6.07, 6.45) is -0.173. The molecule has 1 unspecified atom stereocenters. The van der Waals surface area contributed by atoms with Crippen LogP contribution in [0.4, 0.5) is 0 Å². The molecule has 0 aliphatic rings. The van der Waals surface area contributed by atoms with Gasteiger partial charge in [0.2, 0.25) is 0 Å². The SMILES string of the molecule is Cc1cc(-c2cccs2)nc(C(N)CC(=O)O)n1. The predicted molar refractivity (Wildman–Crippen MR) is 69.3 cm³/mol. The van der Waals surface area contributed by atoms with Gasteiger partial charge < -0.3 is 10.8 Å². The van der Waals surface area contributed by atoms with E-state index in [4.69, 9.17) is 10.8 Å². The average Bonchev–Trinajstić information content (AvgIpc) is 2.80. The maximum Gasteiger partial charge on any atom is 0.305 e. The van der Waals surface area contributed by atoms with Crippen molar-refractivity contribution in [3.8, 4) is 10.6 Å². The molecule has 0 spiro atoms. The maximum absolute atomic E-state index is 10.6. The standard InChI is InChI=1S/C12H13N3O2S/c1-7-5-9(10-3-2-4-18-10)15-12(14-7)8(13)6-11(16)17/h2-5,8H,6,13H2,1H3,(H,16,17). The first kappa shape index (κ1) is 12.7. The molecule has 0 radical (unpaired) electrons. The average molecular weight is 263 g/mol. The number of thiophene rings is 1. The van der Waals surface area contributed by atoms with Gasteiger partial charge in [0, 0.05) is 5.69 Å². The van der Waals surface area contributed by atoms with Crippen LogP contribution >= 0.6 is 11.3 Å². The Balaban J connectivity index is 2.35. The zero-order valence-corrected chi connectivity index (χ0v) is 10.6. The molecule has 18 heavy (non-hydrogen) atoms. The van der Waals surface area contributed by atoms with Crippen molar-refractivity contribution in [3.63, 3.8) is 0 Å². The number of nitrogens with zero attached hydrogens (tertiary/aromatic N) is 2. The van der Waals surface area contributed by atoms with Gasteiger partial charge >= 0.3 is 5.97 Å². The highest BCUT2D eigenvalue weighted by Crippen LogP contribution is 2.24. The van der Waals surface area contributed by atoms with Crippen LogP contribution in [0.25, 0.3) is 10.6 Å². The second-order valence-electron chi connectivity index (χ2n) is 3.93. The van der Waals surface area contributed by atoms with Crippen LogP contribution < -0.4 is 5.73 Å². The lowest BCUT2D eigenvalue weighted by Crippen LogP contribution is -2.18. The molecule has 0 fully saturated rings. The molecule has 2 rings (SSSR count). The number of hydrogen-bond acceptors (Lipinski definition) is 5. The van der Waals surface area contributed by atoms with Crippen molar-refractivity contribution in [2.45, 2.75) is 19.4 Å². The molecule has 0 bridgehead atoms. The number of rotatable bonds is 4. The lowest BCUT2D eigenvalue weighted by molar-refractivity contribution is -0.137. The van der Waals surface area contributed by atoms with Crippen molar-refractivity contribution in [1.29, 1.82) is 0 Å². The Morgan fingerprint density at radius 2 is 2.33 bits per heavy atom. The first-order valence-corrected chi connectivity index (χ1v) is 6.31.